The first-order valence-corrected chi connectivity index (χ1v) is 12.7. The van der Waals surface area contributed by atoms with E-state index in [1.165, 1.54) is 18.2 Å². The van der Waals surface area contributed by atoms with Crippen LogP contribution in [-0.4, -0.2) is 47.5 Å². The minimum atomic E-state index is -2.16. The fourth-order valence-electron chi connectivity index (χ4n) is 3.34. The highest BCUT2D eigenvalue weighted by atomic mass is 16.7. The predicted octanol–water partition coefficient (Wildman–Crippen LogP) is 4.86. The van der Waals surface area contributed by atoms with Crippen molar-refractivity contribution >= 4 is 24.1 Å². The number of carboxylic acids is 1. The second-order valence-corrected chi connectivity index (χ2v) is 10.1. The van der Waals surface area contributed by atoms with Crippen LogP contribution >= 0.6 is 0 Å². The summed E-state index contributed by atoms with van der Waals surface area (Å²) >= 11 is 0. The maximum absolute atomic E-state index is 12.4. The number of unbranched alkanes of at least 4 members (excludes halogenated alkanes) is 1. The molecule has 0 bridgehead atoms. The third-order valence-corrected chi connectivity index (χ3v) is 4.90. The first kappa shape index (κ1) is 31.9. The van der Waals surface area contributed by atoms with Gasteiger partial charge in [0.15, 0.2) is 11.5 Å². The van der Waals surface area contributed by atoms with Crippen molar-refractivity contribution in [1.29, 1.82) is 0 Å². The summed E-state index contributed by atoms with van der Waals surface area (Å²) in [6.07, 6.45) is 0.243. The Hall–Kier alpha value is -3.14. The Balaban J connectivity index is 3.36. The molecule has 0 radical (unpaired) electrons. The second kappa shape index (κ2) is 15.2. The Morgan fingerprint density at radius 1 is 0.919 bits per heavy atom. The van der Waals surface area contributed by atoms with Crippen LogP contribution in [0.4, 0.5) is 4.79 Å². The van der Waals surface area contributed by atoms with Gasteiger partial charge in [0, 0.05) is 25.3 Å². The first-order chi connectivity index (χ1) is 17.3. The molecule has 0 saturated heterocycles. The number of ether oxygens (including phenoxy) is 4. The maximum atomic E-state index is 12.4. The standard InChI is InChI=1S/C27H41NO9/c1-8-9-12-34-26(33)37-27(25(31)32,28-19(6)7)16-20-10-11-21(35-23(29)13-17(2)3)22(15-20)36-24(30)14-18(4)5/h10-11,15,17-19,28H,8-9,12-14,16H2,1-7H3,(H,31,32)/t27-/m0/s1. The molecular formula is C27H41NO9. The SMILES string of the molecule is CCCCOC(=O)O[C@](Cc1ccc(OC(=O)CC(C)C)c(OC(=O)CC(C)C)c1)(NC(C)C)C(=O)O. The number of rotatable bonds is 15. The van der Waals surface area contributed by atoms with Crippen LogP contribution < -0.4 is 14.8 Å². The van der Waals surface area contributed by atoms with Crippen molar-refractivity contribution in [2.45, 2.75) is 92.3 Å². The van der Waals surface area contributed by atoms with Crippen molar-refractivity contribution in [3.63, 3.8) is 0 Å². The van der Waals surface area contributed by atoms with E-state index in [1.54, 1.807) is 13.8 Å². The number of carbonyl (C=O) groups excluding carboxylic acids is 3. The smallest absolute Gasteiger partial charge is 0.477 e. The molecule has 0 aliphatic rings. The number of hydrogen-bond donors (Lipinski definition) is 2. The van der Waals surface area contributed by atoms with Crippen molar-refractivity contribution in [1.82, 2.24) is 5.32 Å². The lowest BCUT2D eigenvalue weighted by molar-refractivity contribution is -0.166. The second-order valence-electron chi connectivity index (χ2n) is 10.1. The summed E-state index contributed by atoms with van der Waals surface area (Å²) in [5.41, 5.74) is -1.81. The summed E-state index contributed by atoms with van der Waals surface area (Å²) in [6.45, 7) is 12.9. The highest BCUT2D eigenvalue weighted by Crippen LogP contribution is 2.32. The number of esters is 2. The molecule has 0 heterocycles. The lowest BCUT2D eigenvalue weighted by Crippen LogP contribution is -2.59. The van der Waals surface area contributed by atoms with Crippen LogP contribution in [0.2, 0.25) is 0 Å². The number of aliphatic carboxylic acids is 1. The van der Waals surface area contributed by atoms with Crippen LogP contribution in [0.3, 0.4) is 0 Å². The van der Waals surface area contributed by atoms with Gasteiger partial charge >= 0.3 is 24.1 Å². The van der Waals surface area contributed by atoms with Crippen molar-refractivity contribution in [3.05, 3.63) is 23.8 Å². The van der Waals surface area contributed by atoms with E-state index in [1.807, 2.05) is 34.6 Å². The predicted molar refractivity (Wildman–Crippen MR) is 136 cm³/mol. The average molecular weight is 524 g/mol. The van der Waals surface area contributed by atoms with Gasteiger partial charge in [0.25, 0.3) is 5.72 Å². The molecule has 0 aromatic heterocycles. The molecule has 1 aromatic carbocycles. The Morgan fingerprint density at radius 2 is 1.49 bits per heavy atom. The third kappa shape index (κ3) is 11.6. The van der Waals surface area contributed by atoms with Crippen LogP contribution in [0.25, 0.3) is 0 Å². The number of benzene rings is 1. The van der Waals surface area contributed by atoms with Crippen molar-refractivity contribution in [3.8, 4) is 11.5 Å². The number of nitrogens with one attached hydrogen (secondary N) is 1. The summed E-state index contributed by atoms with van der Waals surface area (Å²) in [7, 11) is 0. The summed E-state index contributed by atoms with van der Waals surface area (Å²) in [5.74, 6) is -2.37. The van der Waals surface area contributed by atoms with Gasteiger partial charge in [-0.1, -0.05) is 47.1 Å². The average Bonchev–Trinajstić information content (AvgIpc) is 2.73. The monoisotopic (exact) mass is 523 g/mol. The van der Waals surface area contributed by atoms with Gasteiger partial charge in [-0.15, -0.1) is 0 Å². The van der Waals surface area contributed by atoms with Crippen molar-refractivity contribution < 1.29 is 43.2 Å². The maximum Gasteiger partial charge on any atom is 0.510 e. The number of carboxylic acid groups (broad SMARTS) is 1. The molecule has 10 heteroatoms. The molecule has 1 aromatic rings. The van der Waals surface area contributed by atoms with E-state index >= 15 is 0 Å². The summed E-state index contributed by atoms with van der Waals surface area (Å²) in [5, 5.41) is 12.9. The Kier molecular flexibility index (Phi) is 13.1. The number of hydrogen-bond acceptors (Lipinski definition) is 9. The number of carbonyl (C=O) groups is 4. The van der Waals surface area contributed by atoms with E-state index in [-0.39, 0.29) is 55.2 Å². The summed E-state index contributed by atoms with van der Waals surface area (Å²) in [4.78, 5) is 49.4. The van der Waals surface area contributed by atoms with Crippen LogP contribution in [0.5, 0.6) is 11.5 Å². The zero-order valence-corrected chi connectivity index (χ0v) is 22.9. The molecule has 208 valence electrons. The third-order valence-electron chi connectivity index (χ3n) is 4.90. The molecule has 0 amide bonds. The van der Waals surface area contributed by atoms with Gasteiger partial charge in [0.2, 0.25) is 0 Å². The van der Waals surface area contributed by atoms with Crippen LogP contribution in [0, 0.1) is 11.8 Å². The zero-order valence-electron chi connectivity index (χ0n) is 22.9. The highest BCUT2D eigenvalue weighted by molar-refractivity contribution is 5.81. The fourth-order valence-corrected chi connectivity index (χ4v) is 3.34. The van der Waals surface area contributed by atoms with Crippen molar-refractivity contribution in [2.24, 2.45) is 11.8 Å². The topological polar surface area (TPSA) is 137 Å². The summed E-state index contributed by atoms with van der Waals surface area (Å²) < 4.78 is 21.2. The quantitative estimate of drug-likeness (QED) is 0.142. The highest BCUT2D eigenvalue weighted by Gasteiger charge is 2.44. The lowest BCUT2D eigenvalue weighted by Gasteiger charge is -2.31. The molecule has 37 heavy (non-hydrogen) atoms. The van der Waals surface area contributed by atoms with E-state index in [2.05, 4.69) is 5.32 Å². The Bertz CT molecular complexity index is 926. The molecule has 0 aliphatic carbocycles. The van der Waals surface area contributed by atoms with E-state index < -0.39 is 29.8 Å². The van der Waals surface area contributed by atoms with E-state index in [0.717, 1.165) is 6.42 Å². The zero-order chi connectivity index (χ0) is 28.2. The normalized spacial score (nSPS) is 12.8. The molecule has 0 saturated carbocycles. The Labute approximate surface area is 219 Å². The molecule has 10 nitrogen and oxygen atoms in total. The lowest BCUT2D eigenvalue weighted by atomic mass is 10.0. The van der Waals surface area contributed by atoms with Gasteiger partial charge in [-0.25, -0.2) is 9.59 Å². The molecule has 1 rings (SSSR count). The molecule has 0 aliphatic heterocycles. The molecule has 2 N–H and O–H groups in total. The minimum absolute atomic E-state index is 0.0316. The minimum Gasteiger partial charge on any atom is -0.477 e. The Morgan fingerprint density at radius 3 is 1.97 bits per heavy atom. The van der Waals surface area contributed by atoms with Crippen molar-refractivity contribution in [2.75, 3.05) is 6.61 Å². The first-order valence-electron chi connectivity index (χ1n) is 12.7. The van der Waals surface area contributed by atoms with Gasteiger partial charge in [-0.3, -0.25) is 14.9 Å². The van der Waals surface area contributed by atoms with Gasteiger partial charge < -0.3 is 24.1 Å². The largest absolute Gasteiger partial charge is 0.510 e. The van der Waals surface area contributed by atoms with E-state index in [4.69, 9.17) is 18.9 Å². The van der Waals surface area contributed by atoms with Gasteiger partial charge in [0.1, 0.15) is 0 Å². The van der Waals surface area contributed by atoms with Gasteiger partial charge in [0.05, 0.1) is 6.61 Å². The van der Waals surface area contributed by atoms with E-state index in [9.17, 15) is 24.3 Å². The molecular weight excluding hydrogens is 482 g/mol. The molecule has 0 fully saturated rings. The van der Waals surface area contributed by atoms with Crippen LogP contribution in [0.1, 0.15) is 79.7 Å². The van der Waals surface area contributed by atoms with Gasteiger partial charge in [-0.2, -0.15) is 0 Å². The molecule has 0 unspecified atom stereocenters. The molecule has 1 atom stereocenters. The van der Waals surface area contributed by atoms with Crippen LogP contribution in [0.15, 0.2) is 18.2 Å². The van der Waals surface area contributed by atoms with Crippen LogP contribution in [-0.2, 0) is 30.3 Å². The molecule has 0 spiro atoms. The summed E-state index contributed by atoms with van der Waals surface area (Å²) in [6, 6.07) is 3.97. The van der Waals surface area contributed by atoms with E-state index in [0.29, 0.717) is 12.0 Å². The van der Waals surface area contributed by atoms with Gasteiger partial charge in [-0.05, 0) is 49.8 Å². The fraction of sp³-hybridized carbons (Fsp3) is 0.630.